The van der Waals surface area contributed by atoms with E-state index in [1.807, 2.05) is 0 Å². The number of hydrogen-bond donors (Lipinski definition) is 2. The molecule has 1 atom stereocenters. The van der Waals surface area contributed by atoms with Crippen molar-refractivity contribution in [2.75, 3.05) is 23.7 Å². The smallest absolute Gasteiger partial charge is 0.323 e. The van der Waals surface area contributed by atoms with Gasteiger partial charge in [-0.15, -0.1) is 0 Å². The molecule has 3 rings (SSSR count). The molecule has 2 N–H and O–H groups in total. The third kappa shape index (κ3) is 3.50. The van der Waals surface area contributed by atoms with Gasteiger partial charge in [0.25, 0.3) is 0 Å². The Morgan fingerprint density at radius 1 is 1.35 bits per heavy atom. The number of nitrogens with zero attached hydrogens (tertiary/aromatic N) is 4. The number of carbonyl (C=O) groups excluding carboxylic acids is 2. The van der Waals surface area contributed by atoms with Crippen LogP contribution in [0.5, 0.6) is 0 Å². The van der Waals surface area contributed by atoms with Crippen LogP contribution in [0.15, 0.2) is 22.9 Å². The first-order valence-corrected chi connectivity index (χ1v) is 7.33. The Hall–Kier alpha value is -2.84. The van der Waals surface area contributed by atoms with Gasteiger partial charge in [-0.1, -0.05) is 5.16 Å². The molecule has 1 unspecified atom stereocenters. The molecule has 9 nitrogen and oxygen atoms in total. The summed E-state index contributed by atoms with van der Waals surface area (Å²) in [7, 11) is 0. The van der Waals surface area contributed by atoms with E-state index in [1.165, 1.54) is 6.92 Å². The van der Waals surface area contributed by atoms with Crippen molar-refractivity contribution in [1.29, 1.82) is 0 Å². The van der Waals surface area contributed by atoms with Gasteiger partial charge in [-0.05, 0) is 13.3 Å². The monoisotopic (exact) mass is 318 g/mol. The van der Waals surface area contributed by atoms with Crippen molar-refractivity contribution in [3.05, 3.63) is 24.1 Å². The summed E-state index contributed by atoms with van der Waals surface area (Å²) >= 11 is 0. The van der Waals surface area contributed by atoms with Crippen molar-refractivity contribution in [3.8, 4) is 0 Å². The van der Waals surface area contributed by atoms with Crippen LogP contribution in [-0.4, -0.2) is 44.9 Å². The number of likely N-dealkylation sites (tertiary alicyclic amines) is 1. The van der Waals surface area contributed by atoms with Gasteiger partial charge in [0.2, 0.25) is 5.91 Å². The van der Waals surface area contributed by atoms with E-state index >= 15 is 0 Å². The molecule has 3 heterocycles. The van der Waals surface area contributed by atoms with Crippen molar-refractivity contribution < 1.29 is 14.1 Å². The molecule has 2 aromatic rings. The number of urea groups is 1. The van der Waals surface area contributed by atoms with Crippen LogP contribution in [0.2, 0.25) is 0 Å². The Labute approximate surface area is 132 Å². The van der Waals surface area contributed by atoms with Gasteiger partial charge < -0.3 is 14.7 Å². The Morgan fingerprint density at radius 3 is 2.87 bits per heavy atom. The van der Waals surface area contributed by atoms with Crippen molar-refractivity contribution in [2.45, 2.75) is 26.3 Å². The number of aromatic nitrogens is 3. The van der Waals surface area contributed by atoms with E-state index in [1.54, 1.807) is 34.8 Å². The maximum Gasteiger partial charge on any atom is 0.323 e. The Bertz CT molecular complexity index is 722. The fourth-order valence-electron chi connectivity index (χ4n) is 2.54. The number of amides is 3. The molecule has 0 bridgehead atoms. The van der Waals surface area contributed by atoms with E-state index in [-0.39, 0.29) is 18.0 Å². The molecule has 0 saturated carbocycles. The summed E-state index contributed by atoms with van der Waals surface area (Å²) < 4.78 is 6.70. The number of nitrogens with one attached hydrogen (secondary N) is 2. The first-order valence-electron chi connectivity index (χ1n) is 7.33. The average Bonchev–Trinajstić information content (AvgIpc) is 3.18. The maximum absolute atomic E-state index is 12.2. The highest BCUT2D eigenvalue weighted by atomic mass is 16.5. The fraction of sp³-hybridized carbons (Fsp3) is 0.429. The lowest BCUT2D eigenvalue weighted by molar-refractivity contribution is -0.114. The molecule has 1 aliphatic heterocycles. The summed E-state index contributed by atoms with van der Waals surface area (Å²) in [5, 5.41) is 13.4. The first-order chi connectivity index (χ1) is 11.0. The van der Waals surface area contributed by atoms with Crippen LogP contribution >= 0.6 is 0 Å². The minimum Gasteiger partial charge on any atom is -0.360 e. The molecule has 9 heteroatoms. The summed E-state index contributed by atoms with van der Waals surface area (Å²) in [6.07, 6.45) is 2.60. The molecule has 1 saturated heterocycles. The normalized spacial score (nSPS) is 17.3. The number of hydrogen-bond acceptors (Lipinski definition) is 5. The average molecular weight is 318 g/mol. The quantitative estimate of drug-likeness (QED) is 0.894. The molecule has 3 amide bonds. The van der Waals surface area contributed by atoms with Crippen molar-refractivity contribution in [1.82, 2.24) is 19.8 Å². The standard InChI is InChI=1S/C14H18N6O3/c1-9-7-13(18-23-9)16-14(22)19-5-3-11(8-19)20-6-4-12(17-20)15-10(2)21/h4,6-7,11H,3,5,8H2,1-2H3,(H,15,17,21)(H,16,18,22). The first kappa shape index (κ1) is 15.1. The second-order valence-corrected chi connectivity index (χ2v) is 5.50. The van der Waals surface area contributed by atoms with Crippen LogP contribution in [0.25, 0.3) is 0 Å². The Kier molecular flexibility index (Phi) is 4.00. The zero-order valence-corrected chi connectivity index (χ0v) is 12.9. The second-order valence-electron chi connectivity index (χ2n) is 5.50. The molecule has 1 aliphatic rings. The molecule has 1 fully saturated rings. The predicted molar refractivity (Wildman–Crippen MR) is 82.0 cm³/mol. The molecule has 122 valence electrons. The van der Waals surface area contributed by atoms with E-state index < -0.39 is 0 Å². The highest BCUT2D eigenvalue weighted by molar-refractivity contribution is 5.88. The lowest BCUT2D eigenvalue weighted by atomic mass is 10.3. The molecule has 0 aromatic carbocycles. The van der Waals surface area contributed by atoms with Crippen LogP contribution < -0.4 is 10.6 Å². The number of aryl methyl sites for hydroxylation is 1. The van der Waals surface area contributed by atoms with Gasteiger partial charge in [0, 0.05) is 38.3 Å². The zero-order valence-electron chi connectivity index (χ0n) is 12.9. The lowest BCUT2D eigenvalue weighted by Crippen LogP contribution is -2.33. The van der Waals surface area contributed by atoms with Crippen LogP contribution in [-0.2, 0) is 4.79 Å². The predicted octanol–water partition coefficient (Wildman–Crippen LogP) is 1.62. The van der Waals surface area contributed by atoms with Gasteiger partial charge in [-0.2, -0.15) is 5.10 Å². The summed E-state index contributed by atoms with van der Waals surface area (Å²) in [5.74, 6) is 1.40. The van der Waals surface area contributed by atoms with E-state index in [0.717, 1.165) is 6.42 Å². The van der Waals surface area contributed by atoms with Crippen LogP contribution in [0.1, 0.15) is 25.1 Å². The summed E-state index contributed by atoms with van der Waals surface area (Å²) in [4.78, 5) is 24.9. The van der Waals surface area contributed by atoms with Crippen molar-refractivity contribution in [2.24, 2.45) is 0 Å². The third-order valence-corrected chi connectivity index (χ3v) is 3.60. The lowest BCUT2D eigenvalue weighted by Gasteiger charge is -2.16. The molecule has 23 heavy (non-hydrogen) atoms. The van der Waals surface area contributed by atoms with Gasteiger partial charge in [0.15, 0.2) is 11.6 Å². The molecule has 0 spiro atoms. The highest BCUT2D eigenvalue weighted by Crippen LogP contribution is 2.22. The van der Waals surface area contributed by atoms with Crippen molar-refractivity contribution in [3.63, 3.8) is 0 Å². The van der Waals surface area contributed by atoms with Crippen LogP contribution in [0.3, 0.4) is 0 Å². The SMILES string of the molecule is CC(=O)Nc1ccn(C2CCN(C(=O)Nc3cc(C)on3)C2)n1. The molecular weight excluding hydrogens is 300 g/mol. The fourth-order valence-corrected chi connectivity index (χ4v) is 2.54. The number of rotatable bonds is 3. The van der Waals surface area contributed by atoms with E-state index in [0.29, 0.717) is 30.5 Å². The summed E-state index contributed by atoms with van der Waals surface area (Å²) in [5.41, 5.74) is 0. The maximum atomic E-state index is 12.2. The number of carbonyl (C=O) groups is 2. The van der Waals surface area contributed by atoms with E-state index in [4.69, 9.17) is 4.52 Å². The van der Waals surface area contributed by atoms with Gasteiger partial charge in [0.05, 0.1) is 6.04 Å². The molecular formula is C14H18N6O3. The Balaban J connectivity index is 1.58. The molecule has 2 aromatic heterocycles. The largest absolute Gasteiger partial charge is 0.360 e. The summed E-state index contributed by atoms with van der Waals surface area (Å²) in [6.45, 7) is 4.37. The van der Waals surface area contributed by atoms with E-state index in [9.17, 15) is 9.59 Å². The topological polar surface area (TPSA) is 105 Å². The van der Waals surface area contributed by atoms with Gasteiger partial charge in [-0.25, -0.2) is 4.79 Å². The van der Waals surface area contributed by atoms with Crippen molar-refractivity contribution >= 4 is 23.6 Å². The molecule has 0 aliphatic carbocycles. The minimum absolute atomic E-state index is 0.0855. The van der Waals surface area contributed by atoms with Crippen LogP contribution in [0, 0.1) is 6.92 Å². The minimum atomic E-state index is -0.213. The van der Waals surface area contributed by atoms with Crippen LogP contribution in [0.4, 0.5) is 16.4 Å². The van der Waals surface area contributed by atoms with Gasteiger partial charge >= 0.3 is 6.03 Å². The Morgan fingerprint density at radius 2 is 2.17 bits per heavy atom. The zero-order chi connectivity index (χ0) is 16.4. The number of anilines is 2. The second kappa shape index (κ2) is 6.11. The molecule has 0 radical (unpaired) electrons. The third-order valence-electron chi connectivity index (χ3n) is 3.60. The van der Waals surface area contributed by atoms with E-state index in [2.05, 4.69) is 20.9 Å². The highest BCUT2D eigenvalue weighted by Gasteiger charge is 2.28. The van der Waals surface area contributed by atoms with Gasteiger partial charge in [0.1, 0.15) is 5.76 Å². The summed E-state index contributed by atoms with van der Waals surface area (Å²) in [6, 6.07) is 3.28. The van der Waals surface area contributed by atoms with Gasteiger partial charge in [-0.3, -0.25) is 14.8 Å².